The predicted octanol–water partition coefficient (Wildman–Crippen LogP) is 1.41. The molecule has 1 aromatic carbocycles. The number of carbonyl (C=O) groups excluding carboxylic acids is 3. The second kappa shape index (κ2) is 6.61. The number of hydrogen-bond acceptors (Lipinski definition) is 3. The molecular weight excluding hydrogens is 218 g/mol. The van der Waals surface area contributed by atoms with E-state index in [2.05, 4.69) is 36.5 Å². The molecule has 17 heavy (non-hydrogen) atoms. The maximum absolute atomic E-state index is 11.2. The van der Waals surface area contributed by atoms with Gasteiger partial charge in [-0.25, -0.2) is 0 Å². The van der Waals surface area contributed by atoms with Gasteiger partial charge in [0.05, 0.1) is 0 Å². The first kappa shape index (κ1) is 13.1. The minimum atomic E-state index is 0.182. The molecule has 0 aliphatic carbocycles. The van der Waals surface area contributed by atoms with Crippen LogP contribution < -0.4 is 5.32 Å². The number of benzene rings is 1. The molecule has 1 aromatic rings. The van der Waals surface area contributed by atoms with Gasteiger partial charge in [0.2, 0.25) is 5.91 Å². The number of carbonyl (C=O) groups is 1. The maximum atomic E-state index is 11.2. The van der Waals surface area contributed by atoms with Crippen LogP contribution in [0.15, 0.2) is 24.3 Å². The van der Waals surface area contributed by atoms with E-state index >= 15 is 0 Å². The number of hydrogen-bond donors (Lipinski definition) is 1. The van der Waals surface area contributed by atoms with Crippen molar-refractivity contribution in [3.05, 3.63) is 35.4 Å². The van der Waals surface area contributed by atoms with Gasteiger partial charge in [-0.2, -0.15) is 9.59 Å². The van der Waals surface area contributed by atoms with Gasteiger partial charge in [-0.15, -0.1) is 0 Å². The zero-order valence-electron chi connectivity index (χ0n) is 9.73. The summed E-state index contributed by atoms with van der Waals surface area (Å²) in [5.74, 6) is 0.603. The Morgan fingerprint density at radius 3 is 2.35 bits per heavy atom. The molecule has 0 radical (unpaired) electrons. The van der Waals surface area contributed by atoms with Crippen LogP contribution in [0.1, 0.15) is 29.9 Å². The molecule has 0 unspecified atom stereocenters. The molecule has 90 valence electrons. The van der Waals surface area contributed by atoms with Crippen LogP contribution in [0.25, 0.3) is 0 Å². The van der Waals surface area contributed by atoms with Crippen molar-refractivity contribution in [3.8, 4) is 0 Å². The van der Waals surface area contributed by atoms with Crippen molar-refractivity contribution in [2.24, 2.45) is 0 Å². The normalized spacial score (nSPS) is 18.4. The van der Waals surface area contributed by atoms with Crippen LogP contribution in [0.4, 0.5) is 0 Å². The van der Waals surface area contributed by atoms with Crippen LogP contribution in [0.5, 0.6) is 0 Å². The summed E-state index contributed by atoms with van der Waals surface area (Å²) in [6.07, 6.45) is 1.96. The molecule has 0 aromatic heterocycles. The fraction of sp³-hybridized carbons (Fsp3) is 0.385. The first-order valence-electron chi connectivity index (χ1n) is 5.50. The van der Waals surface area contributed by atoms with Crippen LogP contribution in [0.2, 0.25) is 0 Å². The Labute approximate surface area is 100 Å². The molecule has 0 saturated carbocycles. The maximum Gasteiger partial charge on any atom is 0.373 e. The molecule has 1 aliphatic rings. The average Bonchev–Trinajstić information content (AvgIpc) is 2.31. The van der Waals surface area contributed by atoms with E-state index in [9.17, 15) is 4.79 Å². The van der Waals surface area contributed by atoms with Gasteiger partial charge in [0.15, 0.2) is 0 Å². The van der Waals surface area contributed by atoms with E-state index in [4.69, 9.17) is 9.59 Å². The van der Waals surface area contributed by atoms with E-state index in [1.165, 1.54) is 11.1 Å². The summed E-state index contributed by atoms with van der Waals surface area (Å²) in [6, 6.07) is 8.50. The van der Waals surface area contributed by atoms with Gasteiger partial charge in [-0.3, -0.25) is 4.79 Å². The van der Waals surface area contributed by atoms with Crippen LogP contribution >= 0.6 is 0 Å². The van der Waals surface area contributed by atoms with Crippen molar-refractivity contribution in [1.29, 1.82) is 0 Å². The average molecular weight is 233 g/mol. The minimum absolute atomic E-state index is 0.182. The molecule has 1 aliphatic heterocycles. The largest absolute Gasteiger partial charge is 0.373 e. The summed E-state index contributed by atoms with van der Waals surface area (Å²) >= 11 is 0. The van der Waals surface area contributed by atoms with Crippen molar-refractivity contribution in [1.82, 2.24) is 5.32 Å². The lowest BCUT2D eigenvalue weighted by Gasteiger charge is -2.22. The monoisotopic (exact) mass is 233 g/mol. The lowest BCUT2D eigenvalue weighted by Crippen LogP contribution is -2.32. The van der Waals surface area contributed by atoms with Gasteiger partial charge in [0.25, 0.3) is 0 Å². The second-order valence-corrected chi connectivity index (χ2v) is 4.03. The molecule has 0 bridgehead atoms. The lowest BCUT2D eigenvalue weighted by atomic mass is 9.89. The number of piperidine rings is 1. The third kappa shape index (κ3) is 4.21. The van der Waals surface area contributed by atoms with Gasteiger partial charge in [0, 0.05) is 13.0 Å². The van der Waals surface area contributed by atoms with E-state index in [1.54, 1.807) is 0 Å². The van der Waals surface area contributed by atoms with Crippen LogP contribution in [-0.4, -0.2) is 18.6 Å². The van der Waals surface area contributed by atoms with Crippen molar-refractivity contribution < 1.29 is 14.4 Å². The molecule has 1 amide bonds. The molecule has 1 fully saturated rings. The van der Waals surface area contributed by atoms with Crippen molar-refractivity contribution in [2.45, 2.75) is 25.7 Å². The van der Waals surface area contributed by atoms with Crippen LogP contribution in [0, 0.1) is 6.92 Å². The Balaban J connectivity index is 0.000000437. The highest BCUT2D eigenvalue weighted by atomic mass is 16.2. The first-order valence-corrected chi connectivity index (χ1v) is 5.50. The van der Waals surface area contributed by atoms with E-state index in [1.807, 2.05) is 0 Å². The third-order valence-electron chi connectivity index (χ3n) is 2.80. The van der Waals surface area contributed by atoms with Crippen molar-refractivity contribution in [3.63, 3.8) is 0 Å². The minimum Gasteiger partial charge on any atom is -0.356 e. The van der Waals surface area contributed by atoms with Gasteiger partial charge in [-0.05, 0) is 24.8 Å². The number of amides is 1. The Hall–Kier alpha value is -1.93. The summed E-state index contributed by atoms with van der Waals surface area (Å²) in [4.78, 5) is 27.5. The molecule has 2 rings (SSSR count). The Morgan fingerprint density at radius 2 is 1.82 bits per heavy atom. The van der Waals surface area contributed by atoms with Crippen molar-refractivity contribution in [2.75, 3.05) is 6.54 Å². The summed E-state index contributed by atoms with van der Waals surface area (Å²) in [6.45, 7) is 2.90. The van der Waals surface area contributed by atoms with E-state index < -0.39 is 0 Å². The lowest BCUT2D eigenvalue weighted by molar-refractivity contribution is -0.191. The molecule has 4 nitrogen and oxygen atoms in total. The third-order valence-corrected chi connectivity index (χ3v) is 2.80. The molecule has 0 spiro atoms. The summed E-state index contributed by atoms with van der Waals surface area (Å²) < 4.78 is 0. The van der Waals surface area contributed by atoms with Gasteiger partial charge in [-0.1, -0.05) is 29.8 Å². The second-order valence-electron chi connectivity index (χ2n) is 4.03. The van der Waals surface area contributed by atoms with Crippen LogP contribution in [-0.2, 0) is 14.4 Å². The van der Waals surface area contributed by atoms with Gasteiger partial charge < -0.3 is 5.32 Å². The quantitative estimate of drug-likeness (QED) is 0.797. The standard InChI is InChI=1S/C12H15NO.CO2/c1-9-2-4-10(5-3-9)11-6-7-13-12(14)8-11;2-1-3/h2-5,11H,6-8H2,1H3,(H,13,14);/t11-;/m0./s1. The Bertz CT molecular complexity index is 405. The number of rotatable bonds is 1. The molecule has 1 heterocycles. The van der Waals surface area contributed by atoms with E-state index in [0.29, 0.717) is 12.3 Å². The smallest absolute Gasteiger partial charge is 0.356 e. The predicted molar refractivity (Wildman–Crippen MR) is 61.2 cm³/mol. The SMILES string of the molecule is Cc1ccc([C@H]2CCNC(=O)C2)cc1.O=C=O. The molecular formula is C13H15NO3. The van der Waals surface area contributed by atoms with E-state index in [-0.39, 0.29) is 12.1 Å². The van der Waals surface area contributed by atoms with Gasteiger partial charge >= 0.3 is 6.15 Å². The summed E-state index contributed by atoms with van der Waals surface area (Å²) in [7, 11) is 0. The van der Waals surface area contributed by atoms with E-state index in [0.717, 1.165) is 13.0 Å². The summed E-state index contributed by atoms with van der Waals surface area (Å²) in [5, 5.41) is 2.85. The number of nitrogens with one attached hydrogen (secondary N) is 1. The Kier molecular flexibility index (Phi) is 5.11. The topological polar surface area (TPSA) is 63.2 Å². The summed E-state index contributed by atoms with van der Waals surface area (Å²) in [5.41, 5.74) is 2.57. The molecule has 1 saturated heterocycles. The molecule has 1 N–H and O–H groups in total. The number of aryl methyl sites for hydroxylation is 1. The fourth-order valence-corrected chi connectivity index (χ4v) is 1.91. The highest BCUT2D eigenvalue weighted by molar-refractivity contribution is 5.77. The highest BCUT2D eigenvalue weighted by Crippen LogP contribution is 2.25. The Morgan fingerprint density at radius 1 is 1.24 bits per heavy atom. The highest BCUT2D eigenvalue weighted by Gasteiger charge is 2.19. The zero-order valence-corrected chi connectivity index (χ0v) is 9.73. The molecule has 4 heteroatoms. The first-order chi connectivity index (χ1) is 8.17. The van der Waals surface area contributed by atoms with Crippen LogP contribution in [0.3, 0.4) is 0 Å². The van der Waals surface area contributed by atoms with Gasteiger partial charge in [0.1, 0.15) is 0 Å². The zero-order chi connectivity index (χ0) is 12.7. The molecule has 1 atom stereocenters. The van der Waals surface area contributed by atoms with Crippen molar-refractivity contribution >= 4 is 12.1 Å². The fourth-order valence-electron chi connectivity index (χ4n) is 1.91.